The Bertz CT molecular complexity index is 454. The minimum absolute atomic E-state index is 0.129. The number of hydrogen-bond acceptors (Lipinski definition) is 2. The zero-order chi connectivity index (χ0) is 13.7. The second-order valence-corrected chi connectivity index (χ2v) is 5.74. The number of halogens is 3. The van der Waals surface area contributed by atoms with Crippen molar-refractivity contribution in [3.63, 3.8) is 0 Å². The Hall–Kier alpha value is -1.04. The molecule has 1 aromatic rings. The van der Waals surface area contributed by atoms with Crippen molar-refractivity contribution in [2.75, 3.05) is 6.54 Å². The molecule has 0 unspecified atom stereocenters. The van der Waals surface area contributed by atoms with Crippen LogP contribution >= 0.6 is 0 Å². The van der Waals surface area contributed by atoms with Crippen LogP contribution in [-0.2, 0) is 26.2 Å². The van der Waals surface area contributed by atoms with Crippen LogP contribution < -0.4 is 0 Å². The van der Waals surface area contributed by atoms with Crippen LogP contribution in [0, 0.1) is 0 Å². The lowest BCUT2D eigenvalue weighted by atomic mass is 9.98. The van der Waals surface area contributed by atoms with Crippen molar-refractivity contribution in [1.29, 1.82) is 0 Å². The highest BCUT2D eigenvalue weighted by molar-refractivity contribution is 5.31. The highest BCUT2D eigenvalue weighted by atomic mass is 19.4. The van der Waals surface area contributed by atoms with Crippen molar-refractivity contribution in [3.8, 4) is 0 Å². The molecule has 0 atom stereocenters. The van der Waals surface area contributed by atoms with Crippen molar-refractivity contribution in [3.05, 3.63) is 17.0 Å². The number of fused-ring (bicyclic) bond motifs is 1. The van der Waals surface area contributed by atoms with E-state index in [-0.39, 0.29) is 5.54 Å². The topological polar surface area (TPSA) is 21.1 Å². The molecule has 3 nitrogen and oxygen atoms in total. The molecular formula is C12H18F3N3. The monoisotopic (exact) mass is 261 g/mol. The molecule has 1 aromatic heterocycles. The highest BCUT2D eigenvalue weighted by Crippen LogP contribution is 2.36. The van der Waals surface area contributed by atoms with E-state index in [0.717, 1.165) is 6.54 Å². The Balaban J connectivity index is 2.42. The molecule has 0 radical (unpaired) electrons. The van der Waals surface area contributed by atoms with Gasteiger partial charge in [-0.25, -0.2) is 0 Å². The van der Waals surface area contributed by atoms with Crippen LogP contribution in [0.2, 0.25) is 0 Å². The first kappa shape index (κ1) is 13.4. The Morgan fingerprint density at radius 3 is 2.28 bits per heavy atom. The van der Waals surface area contributed by atoms with Crippen molar-refractivity contribution < 1.29 is 13.2 Å². The molecule has 1 aliphatic heterocycles. The minimum atomic E-state index is -4.37. The number of alkyl halides is 3. The minimum Gasteiger partial charge on any atom is -0.294 e. The van der Waals surface area contributed by atoms with Crippen LogP contribution in [0.15, 0.2) is 0 Å². The summed E-state index contributed by atoms with van der Waals surface area (Å²) in [6.07, 6.45) is -3.75. The van der Waals surface area contributed by atoms with Gasteiger partial charge >= 0.3 is 6.18 Å². The summed E-state index contributed by atoms with van der Waals surface area (Å²) >= 11 is 0. The van der Waals surface area contributed by atoms with Gasteiger partial charge in [0, 0.05) is 43.4 Å². The molecule has 102 valence electrons. The predicted molar refractivity (Wildman–Crippen MR) is 62.1 cm³/mol. The molecule has 2 rings (SSSR count). The number of nitrogens with zero attached hydrogens (tertiary/aromatic N) is 3. The largest absolute Gasteiger partial charge is 0.435 e. The molecule has 0 aliphatic carbocycles. The molecule has 0 saturated carbocycles. The first-order chi connectivity index (χ1) is 8.10. The summed E-state index contributed by atoms with van der Waals surface area (Å²) in [5, 5.41) is 3.65. The fraction of sp³-hybridized carbons (Fsp3) is 0.750. The standard InChI is InChI=1S/C12H18F3N3/c1-11(2,3)18-6-5-9-8(7-18)10(12(13,14)15)16-17(9)4/h5-7H2,1-4H3. The summed E-state index contributed by atoms with van der Waals surface area (Å²) in [4.78, 5) is 2.06. The smallest absolute Gasteiger partial charge is 0.294 e. The van der Waals surface area contributed by atoms with Crippen molar-refractivity contribution in [1.82, 2.24) is 14.7 Å². The van der Waals surface area contributed by atoms with Crippen LogP contribution in [0.25, 0.3) is 0 Å². The second-order valence-electron chi connectivity index (χ2n) is 5.74. The van der Waals surface area contributed by atoms with Crippen LogP contribution in [0.3, 0.4) is 0 Å². The van der Waals surface area contributed by atoms with E-state index in [4.69, 9.17) is 0 Å². The van der Waals surface area contributed by atoms with Gasteiger partial charge in [0.1, 0.15) is 0 Å². The summed E-state index contributed by atoms with van der Waals surface area (Å²) in [5.74, 6) is 0. The Kier molecular flexibility index (Phi) is 2.96. The average molecular weight is 261 g/mol. The van der Waals surface area contributed by atoms with E-state index in [1.165, 1.54) is 4.68 Å². The maximum Gasteiger partial charge on any atom is 0.435 e. The molecule has 0 bridgehead atoms. The van der Waals surface area contributed by atoms with E-state index in [2.05, 4.69) is 10.00 Å². The van der Waals surface area contributed by atoms with Gasteiger partial charge in [0.15, 0.2) is 5.69 Å². The first-order valence-corrected chi connectivity index (χ1v) is 5.97. The second kappa shape index (κ2) is 3.98. The normalized spacial score (nSPS) is 17.9. The zero-order valence-corrected chi connectivity index (χ0v) is 11.1. The quantitative estimate of drug-likeness (QED) is 0.715. The first-order valence-electron chi connectivity index (χ1n) is 5.97. The van der Waals surface area contributed by atoms with E-state index in [0.29, 0.717) is 24.2 Å². The molecule has 0 N–H and O–H groups in total. The Labute approximate surface area is 105 Å². The fourth-order valence-corrected chi connectivity index (χ4v) is 2.39. The summed E-state index contributed by atoms with van der Waals surface area (Å²) < 4.78 is 40.1. The average Bonchev–Trinajstić information content (AvgIpc) is 2.54. The van der Waals surface area contributed by atoms with Gasteiger partial charge in [-0.05, 0) is 20.8 Å². The highest BCUT2D eigenvalue weighted by Gasteiger charge is 2.41. The molecular weight excluding hydrogens is 243 g/mol. The third-order valence-electron chi connectivity index (χ3n) is 3.46. The third kappa shape index (κ3) is 2.25. The number of aryl methyl sites for hydroxylation is 1. The number of rotatable bonds is 0. The van der Waals surface area contributed by atoms with E-state index in [9.17, 15) is 13.2 Å². The molecule has 0 spiro atoms. The van der Waals surface area contributed by atoms with Gasteiger partial charge in [0.25, 0.3) is 0 Å². The summed E-state index contributed by atoms with van der Waals surface area (Å²) in [7, 11) is 1.58. The fourth-order valence-electron chi connectivity index (χ4n) is 2.39. The lowest BCUT2D eigenvalue weighted by Crippen LogP contribution is -2.44. The molecule has 1 aliphatic rings. The molecule has 6 heteroatoms. The van der Waals surface area contributed by atoms with Crippen molar-refractivity contribution >= 4 is 0 Å². The predicted octanol–water partition coefficient (Wildman–Crippen LogP) is 2.60. The van der Waals surface area contributed by atoms with Gasteiger partial charge in [-0.3, -0.25) is 9.58 Å². The molecule has 0 saturated heterocycles. The SMILES string of the molecule is Cn1nc(C(F)(F)F)c2c1CCN(C(C)(C)C)C2. The molecule has 2 heterocycles. The van der Waals surface area contributed by atoms with E-state index >= 15 is 0 Å². The third-order valence-corrected chi connectivity index (χ3v) is 3.46. The van der Waals surface area contributed by atoms with Crippen LogP contribution in [-0.4, -0.2) is 26.8 Å². The van der Waals surface area contributed by atoms with Crippen LogP contribution in [0.4, 0.5) is 13.2 Å². The number of aromatic nitrogens is 2. The molecule has 18 heavy (non-hydrogen) atoms. The summed E-state index contributed by atoms with van der Waals surface area (Å²) in [6, 6.07) is 0. The molecule has 0 aromatic carbocycles. The van der Waals surface area contributed by atoms with Gasteiger partial charge in [-0.1, -0.05) is 0 Å². The van der Waals surface area contributed by atoms with Gasteiger partial charge in [0.05, 0.1) is 0 Å². The lowest BCUT2D eigenvalue weighted by molar-refractivity contribution is -0.142. The van der Waals surface area contributed by atoms with Gasteiger partial charge in [-0.15, -0.1) is 0 Å². The van der Waals surface area contributed by atoms with Gasteiger partial charge in [-0.2, -0.15) is 18.3 Å². The van der Waals surface area contributed by atoms with Crippen molar-refractivity contribution in [2.45, 2.75) is 45.5 Å². The molecule has 0 amide bonds. The lowest BCUT2D eigenvalue weighted by Gasteiger charge is -2.38. The Morgan fingerprint density at radius 2 is 1.78 bits per heavy atom. The van der Waals surface area contributed by atoms with E-state index in [1.54, 1.807) is 7.05 Å². The zero-order valence-electron chi connectivity index (χ0n) is 11.1. The van der Waals surface area contributed by atoms with Gasteiger partial charge < -0.3 is 0 Å². The number of hydrogen-bond donors (Lipinski definition) is 0. The van der Waals surface area contributed by atoms with E-state index in [1.807, 2.05) is 20.8 Å². The molecule has 0 fully saturated rings. The van der Waals surface area contributed by atoms with Crippen LogP contribution in [0.5, 0.6) is 0 Å². The van der Waals surface area contributed by atoms with E-state index < -0.39 is 11.9 Å². The van der Waals surface area contributed by atoms with Crippen molar-refractivity contribution in [2.24, 2.45) is 7.05 Å². The maximum atomic E-state index is 12.9. The summed E-state index contributed by atoms with van der Waals surface area (Å²) in [6.45, 7) is 7.14. The van der Waals surface area contributed by atoms with Gasteiger partial charge in [0.2, 0.25) is 0 Å². The Morgan fingerprint density at radius 1 is 1.17 bits per heavy atom. The maximum absolute atomic E-state index is 12.9. The summed E-state index contributed by atoms with van der Waals surface area (Å²) in [5.41, 5.74) is 0.194. The van der Waals surface area contributed by atoms with Crippen LogP contribution in [0.1, 0.15) is 37.7 Å².